The maximum atomic E-state index is 14.7. The lowest BCUT2D eigenvalue weighted by Crippen LogP contribution is -2.00. The van der Waals surface area contributed by atoms with E-state index in [-0.39, 0.29) is 11.7 Å². The summed E-state index contributed by atoms with van der Waals surface area (Å²) >= 11 is 3.44. The van der Waals surface area contributed by atoms with Crippen LogP contribution in [0.25, 0.3) is 11.1 Å². The molecule has 4 rings (SSSR count). The van der Waals surface area contributed by atoms with Gasteiger partial charge < -0.3 is 5.32 Å². The van der Waals surface area contributed by atoms with Gasteiger partial charge in [0.05, 0.1) is 0 Å². The zero-order valence-electron chi connectivity index (χ0n) is 15.2. The molecule has 0 saturated carbocycles. The van der Waals surface area contributed by atoms with Crippen LogP contribution in [-0.4, -0.2) is 15.2 Å². The van der Waals surface area contributed by atoms with Crippen LogP contribution in [0.2, 0.25) is 0 Å². The van der Waals surface area contributed by atoms with E-state index >= 15 is 0 Å². The molecular formula is C22H18BrFN4. The van der Waals surface area contributed by atoms with Crippen LogP contribution in [-0.2, 0) is 0 Å². The molecule has 0 bridgehead atoms. The van der Waals surface area contributed by atoms with Gasteiger partial charge in [-0.25, -0.2) is 4.39 Å². The second-order valence-corrected chi connectivity index (χ2v) is 7.42. The fourth-order valence-electron chi connectivity index (χ4n) is 3.03. The lowest BCUT2D eigenvalue weighted by atomic mass is 9.96. The summed E-state index contributed by atoms with van der Waals surface area (Å²) in [5, 5.41) is 10.3. The number of rotatable bonds is 5. The number of aromatic nitrogens is 3. The third kappa shape index (κ3) is 3.97. The van der Waals surface area contributed by atoms with Gasteiger partial charge in [-0.15, -0.1) is 5.10 Å². The molecule has 4 nitrogen and oxygen atoms in total. The lowest BCUT2D eigenvalue weighted by Gasteiger charge is -2.11. The molecule has 0 aliphatic heterocycles. The van der Waals surface area contributed by atoms with E-state index in [1.54, 1.807) is 6.07 Å². The molecule has 0 aliphatic rings. The summed E-state index contributed by atoms with van der Waals surface area (Å²) in [6, 6.07) is 22.6. The van der Waals surface area contributed by atoms with Crippen LogP contribution in [0.5, 0.6) is 0 Å². The van der Waals surface area contributed by atoms with Crippen molar-refractivity contribution in [2.24, 2.45) is 0 Å². The monoisotopic (exact) mass is 436 g/mol. The van der Waals surface area contributed by atoms with Crippen molar-refractivity contribution in [2.75, 3.05) is 5.32 Å². The Kier molecular flexibility index (Phi) is 5.21. The molecule has 28 heavy (non-hydrogen) atoms. The molecule has 1 atom stereocenters. The fraction of sp³-hybridized carbons (Fsp3) is 0.0909. The third-order valence-corrected chi connectivity index (χ3v) is 5.06. The lowest BCUT2D eigenvalue weighted by molar-refractivity contribution is 0.627. The number of nitrogens with one attached hydrogen (secondary N) is 2. The largest absolute Gasteiger partial charge is 0.323 e. The molecule has 1 unspecified atom stereocenters. The summed E-state index contributed by atoms with van der Waals surface area (Å²) in [5.41, 5.74) is 3.17. The summed E-state index contributed by atoms with van der Waals surface area (Å²) in [4.78, 5) is 4.51. The van der Waals surface area contributed by atoms with Crippen LogP contribution in [0.1, 0.15) is 24.2 Å². The first kappa shape index (κ1) is 18.4. The van der Waals surface area contributed by atoms with E-state index in [1.807, 2.05) is 73.7 Å². The van der Waals surface area contributed by atoms with E-state index < -0.39 is 0 Å². The van der Waals surface area contributed by atoms with Gasteiger partial charge in [-0.05, 0) is 35.4 Å². The molecule has 3 aromatic carbocycles. The highest BCUT2D eigenvalue weighted by Gasteiger charge is 2.16. The quantitative estimate of drug-likeness (QED) is 0.387. The van der Waals surface area contributed by atoms with E-state index in [0.29, 0.717) is 17.3 Å². The van der Waals surface area contributed by atoms with E-state index in [4.69, 9.17) is 0 Å². The molecular weight excluding hydrogens is 419 g/mol. The molecule has 0 amide bonds. The Bertz CT molecular complexity index is 1090. The van der Waals surface area contributed by atoms with Gasteiger partial charge in [0.15, 0.2) is 0 Å². The molecule has 0 saturated heterocycles. The van der Waals surface area contributed by atoms with Crippen molar-refractivity contribution in [1.82, 2.24) is 15.2 Å². The highest BCUT2D eigenvalue weighted by atomic mass is 79.9. The van der Waals surface area contributed by atoms with Crippen LogP contribution in [0.4, 0.5) is 16.0 Å². The first-order chi connectivity index (χ1) is 13.6. The Balaban J connectivity index is 1.54. The summed E-state index contributed by atoms with van der Waals surface area (Å²) < 4.78 is 15.6. The topological polar surface area (TPSA) is 53.6 Å². The number of hydrogen-bond donors (Lipinski definition) is 2. The molecule has 1 heterocycles. The average Bonchev–Trinajstić information content (AvgIpc) is 3.16. The van der Waals surface area contributed by atoms with Gasteiger partial charge in [0.2, 0.25) is 5.95 Å². The van der Waals surface area contributed by atoms with Crippen molar-refractivity contribution in [3.63, 3.8) is 0 Å². The van der Waals surface area contributed by atoms with Crippen molar-refractivity contribution in [3.05, 3.63) is 94.5 Å². The number of nitrogens with zero attached hydrogens (tertiary/aromatic N) is 2. The maximum absolute atomic E-state index is 14.7. The molecule has 0 spiro atoms. The van der Waals surface area contributed by atoms with Gasteiger partial charge in [-0.1, -0.05) is 71.4 Å². The Morgan fingerprint density at radius 3 is 2.57 bits per heavy atom. The molecule has 0 fully saturated rings. The molecule has 1 aromatic heterocycles. The summed E-state index contributed by atoms with van der Waals surface area (Å²) in [7, 11) is 0. The number of benzene rings is 3. The Morgan fingerprint density at radius 1 is 1.00 bits per heavy atom. The predicted molar refractivity (Wildman–Crippen MR) is 113 cm³/mol. The highest BCUT2D eigenvalue weighted by Crippen LogP contribution is 2.28. The number of anilines is 2. The van der Waals surface area contributed by atoms with Crippen molar-refractivity contribution < 1.29 is 4.39 Å². The van der Waals surface area contributed by atoms with Crippen molar-refractivity contribution in [2.45, 2.75) is 12.8 Å². The predicted octanol–water partition coefficient (Wildman–Crippen LogP) is 6.27. The number of aromatic amines is 1. The smallest absolute Gasteiger partial charge is 0.246 e. The van der Waals surface area contributed by atoms with Gasteiger partial charge >= 0.3 is 0 Å². The van der Waals surface area contributed by atoms with Crippen LogP contribution < -0.4 is 5.32 Å². The first-order valence-electron chi connectivity index (χ1n) is 8.90. The van der Waals surface area contributed by atoms with Gasteiger partial charge in [0, 0.05) is 21.6 Å². The number of hydrogen-bond acceptors (Lipinski definition) is 3. The zero-order valence-corrected chi connectivity index (χ0v) is 16.7. The molecule has 0 aliphatic carbocycles. The molecule has 2 N–H and O–H groups in total. The molecule has 140 valence electrons. The van der Waals surface area contributed by atoms with Crippen molar-refractivity contribution >= 4 is 27.6 Å². The van der Waals surface area contributed by atoms with E-state index in [2.05, 4.69) is 36.4 Å². The third-order valence-electron chi connectivity index (χ3n) is 4.57. The van der Waals surface area contributed by atoms with Crippen LogP contribution in [0, 0.1) is 5.82 Å². The average molecular weight is 437 g/mol. The van der Waals surface area contributed by atoms with E-state index in [9.17, 15) is 4.39 Å². The minimum atomic E-state index is -0.248. The zero-order chi connectivity index (χ0) is 19.5. The Labute approximate surface area is 171 Å². The molecule has 6 heteroatoms. The number of halogens is 2. The van der Waals surface area contributed by atoms with Gasteiger partial charge in [0.1, 0.15) is 11.6 Å². The molecule has 0 radical (unpaired) electrons. The van der Waals surface area contributed by atoms with Crippen LogP contribution in [0.15, 0.2) is 77.3 Å². The summed E-state index contributed by atoms with van der Waals surface area (Å²) in [6.07, 6.45) is 0. The normalized spacial score (nSPS) is 12.0. The van der Waals surface area contributed by atoms with Crippen molar-refractivity contribution in [3.8, 4) is 11.1 Å². The van der Waals surface area contributed by atoms with Crippen LogP contribution in [0.3, 0.4) is 0 Å². The second-order valence-electron chi connectivity index (χ2n) is 6.51. The minimum absolute atomic E-state index is 0.120. The maximum Gasteiger partial charge on any atom is 0.246 e. The van der Waals surface area contributed by atoms with E-state index in [1.165, 1.54) is 0 Å². The minimum Gasteiger partial charge on any atom is -0.323 e. The summed E-state index contributed by atoms with van der Waals surface area (Å²) in [6.45, 7) is 1.97. The first-order valence-corrected chi connectivity index (χ1v) is 9.69. The highest BCUT2D eigenvalue weighted by molar-refractivity contribution is 9.10. The Morgan fingerprint density at radius 2 is 1.82 bits per heavy atom. The summed E-state index contributed by atoms with van der Waals surface area (Å²) in [5.74, 6) is 0.776. The SMILES string of the molecule is CC(c1ccc(-c2ccccc2)c(F)c1)c1nc(Nc2cccc(Br)c2)n[nH]1. The van der Waals surface area contributed by atoms with Gasteiger partial charge in [-0.3, -0.25) is 5.10 Å². The van der Waals surface area contributed by atoms with E-state index in [0.717, 1.165) is 21.3 Å². The van der Waals surface area contributed by atoms with Crippen LogP contribution >= 0.6 is 15.9 Å². The Hall–Kier alpha value is -2.99. The van der Waals surface area contributed by atoms with Crippen molar-refractivity contribution in [1.29, 1.82) is 0 Å². The standard InChI is InChI=1S/C22H18BrFN4/c1-14(16-10-11-19(20(24)12-16)15-6-3-2-4-7-15)21-26-22(28-27-21)25-18-9-5-8-17(23)13-18/h2-14H,1H3,(H2,25,26,27,28). The van der Waals surface area contributed by atoms with Gasteiger partial charge in [-0.2, -0.15) is 4.98 Å². The number of H-pyrrole nitrogens is 1. The second kappa shape index (κ2) is 7.94. The van der Waals surface area contributed by atoms with Gasteiger partial charge in [0.25, 0.3) is 0 Å². The fourth-order valence-corrected chi connectivity index (χ4v) is 3.43. The molecule has 4 aromatic rings.